The zero-order valence-corrected chi connectivity index (χ0v) is 7.81. The molecule has 6 heteroatoms. The van der Waals surface area contributed by atoms with Crippen molar-refractivity contribution in [2.75, 3.05) is 13.1 Å². The van der Waals surface area contributed by atoms with Crippen LogP contribution in [0.15, 0.2) is 6.33 Å². The van der Waals surface area contributed by atoms with Gasteiger partial charge in [0.1, 0.15) is 6.33 Å². The van der Waals surface area contributed by atoms with E-state index in [9.17, 15) is 4.79 Å². The van der Waals surface area contributed by atoms with Gasteiger partial charge in [-0.25, -0.2) is 9.67 Å². The SMILES string of the molecule is NC(=O)c1ncn([C@H]2CCCNC2)n1. The maximum absolute atomic E-state index is 10.8. The lowest BCUT2D eigenvalue weighted by atomic mass is 10.1. The summed E-state index contributed by atoms with van der Waals surface area (Å²) in [5.41, 5.74) is 5.06. The highest BCUT2D eigenvalue weighted by molar-refractivity contribution is 5.88. The van der Waals surface area contributed by atoms with Gasteiger partial charge in [-0.3, -0.25) is 4.79 Å². The predicted octanol–water partition coefficient (Wildman–Crippen LogP) is -0.699. The highest BCUT2D eigenvalue weighted by atomic mass is 16.1. The van der Waals surface area contributed by atoms with Crippen molar-refractivity contribution in [2.24, 2.45) is 5.73 Å². The molecule has 0 aliphatic carbocycles. The average molecular weight is 195 g/mol. The Labute approximate surface area is 81.5 Å². The summed E-state index contributed by atoms with van der Waals surface area (Å²) in [4.78, 5) is 14.6. The fraction of sp³-hybridized carbons (Fsp3) is 0.625. The number of hydrogen-bond acceptors (Lipinski definition) is 4. The zero-order valence-electron chi connectivity index (χ0n) is 7.81. The van der Waals surface area contributed by atoms with E-state index >= 15 is 0 Å². The van der Waals surface area contributed by atoms with Crippen molar-refractivity contribution < 1.29 is 4.79 Å². The molecule has 0 saturated carbocycles. The predicted molar refractivity (Wildman–Crippen MR) is 49.7 cm³/mol. The molecule has 1 saturated heterocycles. The Balaban J connectivity index is 2.11. The van der Waals surface area contributed by atoms with Crippen LogP contribution in [0.2, 0.25) is 0 Å². The number of carbonyl (C=O) groups is 1. The summed E-state index contributed by atoms with van der Waals surface area (Å²) in [5.74, 6) is -0.483. The quantitative estimate of drug-likeness (QED) is 0.653. The van der Waals surface area contributed by atoms with E-state index in [1.807, 2.05) is 0 Å². The van der Waals surface area contributed by atoms with E-state index < -0.39 is 5.91 Å². The molecule has 1 fully saturated rings. The van der Waals surface area contributed by atoms with Gasteiger partial charge in [-0.15, -0.1) is 5.10 Å². The number of nitrogens with zero attached hydrogens (tertiary/aromatic N) is 3. The Morgan fingerprint density at radius 3 is 3.14 bits per heavy atom. The monoisotopic (exact) mass is 195 g/mol. The molecule has 0 aromatic carbocycles. The summed E-state index contributed by atoms with van der Waals surface area (Å²) in [6.45, 7) is 1.93. The number of hydrogen-bond donors (Lipinski definition) is 2. The van der Waals surface area contributed by atoms with Gasteiger partial charge in [-0.2, -0.15) is 0 Å². The molecule has 6 nitrogen and oxygen atoms in total. The van der Waals surface area contributed by atoms with E-state index in [2.05, 4.69) is 15.4 Å². The molecule has 14 heavy (non-hydrogen) atoms. The largest absolute Gasteiger partial charge is 0.363 e. The third-order valence-electron chi connectivity index (χ3n) is 2.37. The first kappa shape index (κ1) is 9.14. The third-order valence-corrected chi connectivity index (χ3v) is 2.37. The first-order valence-electron chi connectivity index (χ1n) is 4.69. The van der Waals surface area contributed by atoms with E-state index in [1.165, 1.54) is 0 Å². The van der Waals surface area contributed by atoms with Crippen LogP contribution in [0.3, 0.4) is 0 Å². The molecule has 1 aromatic rings. The topological polar surface area (TPSA) is 85.8 Å². The molecule has 1 aliphatic rings. The Morgan fingerprint density at radius 1 is 1.71 bits per heavy atom. The van der Waals surface area contributed by atoms with Crippen molar-refractivity contribution in [3.8, 4) is 0 Å². The van der Waals surface area contributed by atoms with E-state index in [0.29, 0.717) is 6.04 Å². The molecular weight excluding hydrogens is 182 g/mol. The normalized spacial score (nSPS) is 22.1. The lowest BCUT2D eigenvalue weighted by Crippen LogP contribution is -2.32. The van der Waals surface area contributed by atoms with Gasteiger partial charge in [0.25, 0.3) is 5.91 Å². The number of aromatic nitrogens is 3. The van der Waals surface area contributed by atoms with Crippen molar-refractivity contribution in [2.45, 2.75) is 18.9 Å². The third kappa shape index (κ3) is 1.74. The van der Waals surface area contributed by atoms with Crippen LogP contribution in [-0.2, 0) is 0 Å². The minimum absolute atomic E-state index is 0.0931. The van der Waals surface area contributed by atoms with Crippen LogP contribution in [0.1, 0.15) is 29.5 Å². The second-order valence-corrected chi connectivity index (χ2v) is 3.41. The van der Waals surface area contributed by atoms with E-state index in [4.69, 9.17) is 5.73 Å². The number of amides is 1. The Morgan fingerprint density at radius 2 is 2.57 bits per heavy atom. The molecule has 0 bridgehead atoms. The minimum atomic E-state index is -0.576. The van der Waals surface area contributed by atoms with Gasteiger partial charge in [-0.1, -0.05) is 0 Å². The van der Waals surface area contributed by atoms with Crippen LogP contribution in [0, 0.1) is 0 Å². The van der Waals surface area contributed by atoms with Crippen LogP contribution >= 0.6 is 0 Å². The molecule has 0 radical (unpaired) electrons. The molecular formula is C8H13N5O. The highest BCUT2D eigenvalue weighted by Crippen LogP contribution is 2.14. The van der Waals surface area contributed by atoms with E-state index in [0.717, 1.165) is 25.9 Å². The van der Waals surface area contributed by atoms with Crippen molar-refractivity contribution >= 4 is 5.91 Å². The van der Waals surface area contributed by atoms with Gasteiger partial charge >= 0.3 is 0 Å². The van der Waals surface area contributed by atoms with E-state index in [1.54, 1.807) is 11.0 Å². The maximum atomic E-state index is 10.8. The Bertz CT molecular complexity index is 328. The van der Waals surface area contributed by atoms with Crippen molar-refractivity contribution in [1.82, 2.24) is 20.1 Å². The maximum Gasteiger partial charge on any atom is 0.288 e. The number of nitrogens with one attached hydrogen (secondary N) is 1. The summed E-state index contributed by atoms with van der Waals surface area (Å²) >= 11 is 0. The van der Waals surface area contributed by atoms with Gasteiger partial charge in [0, 0.05) is 6.54 Å². The Kier molecular flexibility index (Phi) is 2.45. The molecule has 3 N–H and O–H groups in total. The number of rotatable bonds is 2. The van der Waals surface area contributed by atoms with Crippen LogP contribution in [0.5, 0.6) is 0 Å². The lowest BCUT2D eigenvalue weighted by molar-refractivity contribution is 0.0990. The molecule has 76 valence electrons. The fourth-order valence-electron chi connectivity index (χ4n) is 1.62. The van der Waals surface area contributed by atoms with Crippen LogP contribution in [0.4, 0.5) is 0 Å². The molecule has 2 rings (SSSR count). The van der Waals surface area contributed by atoms with E-state index in [-0.39, 0.29) is 5.82 Å². The fourth-order valence-corrected chi connectivity index (χ4v) is 1.62. The first-order valence-corrected chi connectivity index (χ1v) is 4.69. The molecule has 2 heterocycles. The van der Waals surface area contributed by atoms with Crippen LogP contribution < -0.4 is 11.1 Å². The summed E-state index contributed by atoms with van der Waals surface area (Å²) in [6.07, 6.45) is 3.75. The first-order chi connectivity index (χ1) is 6.77. The number of primary amides is 1. The van der Waals surface area contributed by atoms with Gasteiger partial charge in [0.05, 0.1) is 6.04 Å². The lowest BCUT2D eigenvalue weighted by Gasteiger charge is -2.22. The average Bonchev–Trinajstić information content (AvgIpc) is 2.68. The minimum Gasteiger partial charge on any atom is -0.363 e. The van der Waals surface area contributed by atoms with Crippen molar-refractivity contribution in [1.29, 1.82) is 0 Å². The standard InChI is InChI=1S/C8H13N5O/c9-7(14)8-11-5-13(12-8)6-2-1-3-10-4-6/h5-6,10H,1-4H2,(H2,9,14)/t6-/m0/s1. The van der Waals surface area contributed by atoms with Gasteiger partial charge < -0.3 is 11.1 Å². The van der Waals surface area contributed by atoms with Gasteiger partial charge in [0.15, 0.2) is 0 Å². The van der Waals surface area contributed by atoms with Gasteiger partial charge in [-0.05, 0) is 19.4 Å². The molecule has 1 amide bonds. The number of carbonyl (C=O) groups excluding carboxylic acids is 1. The van der Waals surface area contributed by atoms with Crippen molar-refractivity contribution in [3.63, 3.8) is 0 Å². The molecule has 1 aliphatic heterocycles. The smallest absolute Gasteiger partial charge is 0.288 e. The molecule has 0 unspecified atom stereocenters. The number of nitrogens with two attached hydrogens (primary N) is 1. The summed E-state index contributed by atoms with van der Waals surface area (Å²) in [6, 6.07) is 0.296. The van der Waals surface area contributed by atoms with Crippen LogP contribution in [-0.4, -0.2) is 33.8 Å². The zero-order chi connectivity index (χ0) is 9.97. The van der Waals surface area contributed by atoms with Gasteiger partial charge in [0.2, 0.25) is 5.82 Å². The van der Waals surface area contributed by atoms with Crippen LogP contribution in [0.25, 0.3) is 0 Å². The Hall–Kier alpha value is -1.43. The number of piperidine rings is 1. The highest BCUT2D eigenvalue weighted by Gasteiger charge is 2.17. The molecule has 1 aromatic heterocycles. The molecule has 1 atom stereocenters. The molecule has 0 spiro atoms. The van der Waals surface area contributed by atoms with Crippen molar-refractivity contribution in [3.05, 3.63) is 12.2 Å². The summed E-state index contributed by atoms with van der Waals surface area (Å²) in [5, 5.41) is 7.29. The summed E-state index contributed by atoms with van der Waals surface area (Å²) in [7, 11) is 0. The second kappa shape index (κ2) is 3.75. The summed E-state index contributed by atoms with van der Waals surface area (Å²) < 4.78 is 1.71. The second-order valence-electron chi connectivity index (χ2n) is 3.41.